The highest BCUT2D eigenvalue weighted by Crippen LogP contribution is 2.21. The third kappa shape index (κ3) is 4.77. The van der Waals surface area contributed by atoms with Crippen molar-refractivity contribution < 1.29 is 9.59 Å². The third-order valence-electron chi connectivity index (χ3n) is 5.33. The van der Waals surface area contributed by atoms with Crippen LogP contribution >= 0.6 is 11.6 Å². The molecular formula is C22H23ClN4O2. The largest absolute Gasteiger partial charge is 0.357 e. The number of rotatable bonds is 6. The van der Waals surface area contributed by atoms with Crippen molar-refractivity contribution in [3.8, 4) is 0 Å². The summed E-state index contributed by atoms with van der Waals surface area (Å²) in [5.74, 6) is -0.0928. The van der Waals surface area contributed by atoms with Gasteiger partial charge in [-0.3, -0.25) is 14.6 Å². The Morgan fingerprint density at radius 1 is 1.28 bits per heavy atom. The predicted octanol–water partition coefficient (Wildman–Crippen LogP) is 3.31. The van der Waals surface area contributed by atoms with Gasteiger partial charge in [-0.1, -0.05) is 17.7 Å². The van der Waals surface area contributed by atoms with Crippen LogP contribution in [0.2, 0.25) is 5.02 Å². The van der Waals surface area contributed by atoms with Crippen LogP contribution in [0.1, 0.15) is 24.2 Å². The molecule has 3 aromatic rings. The van der Waals surface area contributed by atoms with Crippen LogP contribution < -0.4 is 5.32 Å². The van der Waals surface area contributed by atoms with E-state index in [1.165, 1.54) is 0 Å². The van der Waals surface area contributed by atoms with Gasteiger partial charge >= 0.3 is 0 Å². The monoisotopic (exact) mass is 410 g/mol. The number of pyridine rings is 1. The normalized spacial score (nSPS) is 16.9. The second kappa shape index (κ2) is 8.66. The van der Waals surface area contributed by atoms with Crippen molar-refractivity contribution in [3.63, 3.8) is 0 Å². The average molecular weight is 411 g/mol. The third-order valence-corrected chi connectivity index (χ3v) is 5.56. The van der Waals surface area contributed by atoms with Crippen molar-refractivity contribution in [2.75, 3.05) is 13.1 Å². The molecule has 6 nitrogen and oxygen atoms in total. The molecule has 0 bridgehead atoms. The van der Waals surface area contributed by atoms with Crippen LogP contribution in [0.15, 0.2) is 48.7 Å². The maximum absolute atomic E-state index is 12.7. The standard InChI is InChI=1S/C22H23ClN4O2/c23-17-5-6-20-16(11-17)12-19(26-20)13-25-22(29)15-4-7-21(28)27(14-15)10-8-18-3-1-2-9-24-18/h1-3,5-6,9,11-12,15,26H,4,7-8,10,13-14H2,(H,25,29). The molecule has 0 aliphatic carbocycles. The SMILES string of the molecule is O=C(NCc1cc2cc(Cl)ccc2[nH]1)C1CCC(=O)N(CCc2ccccn2)C1. The lowest BCUT2D eigenvalue weighted by molar-refractivity contribution is -0.138. The predicted molar refractivity (Wildman–Crippen MR) is 112 cm³/mol. The van der Waals surface area contributed by atoms with E-state index in [1.54, 1.807) is 11.1 Å². The first-order valence-corrected chi connectivity index (χ1v) is 10.2. The molecule has 0 spiro atoms. The number of likely N-dealkylation sites (tertiary alicyclic amines) is 1. The summed E-state index contributed by atoms with van der Waals surface area (Å²) in [6.07, 6.45) is 3.44. The topological polar surface area (TPSA) is 78.1 Å². The molecule has 3 heterocycles. The molecule has 29 heavy (non-hydrogen) atoms. The van der Waals surface area contributed by atoms with Crippen molar-refractivity contribution in [1.29, 1.82) is 0 Å². The summed E-state index contributed by atoms with van der Waals surface area (Å²) in [6.45, 7) is 1.46. The van der Waals surface area contributed by atoms with Crippen molar-refractivity contribution >= 4 is 34.3 Å². The van der Waals surface area contributed by atoms with Gasteiger partial charge in [0.2, 0.25) is 11.8 Å². The van der Waals surface area contributed by atoms with Gasteiger partial charge in [0.05, 0.1) is 12.5 Å². The molecule has 0 saturated carbocycles. The van der Waals surface area contributed by atoms with Crippen LogP contribution in [-0.2, 0) is 22.6 Å². The molecule has 1 aliphatic rings. The number of nitrogens with zero attached hydrogens (tertiary/aromatic N) is 2. The molecular weight excluding hydrogens is 388 g/mol. The van der Waals surface area contributed by atoms with E-state index in [1.807, 2.05) is 42.5 Å². The fourth-order valence-electron chi connectivity index (χ4n) is 3.73. The Balaban J connectivity index is 1.32. The summed E-state index contributed by atoms with van der Waals surface area (Å²) < 4.78 is 0. The van der Waals surface area contributed by atoms with E-state index in [0.29, 0.717) is 43.9 Å². The molecule has 2 amide bonds. The van der Waals surface area contributed by atoms with Gasteiger partial charge in [0.25, 0.3) is 0 Å². The maximum atomic E-state index is 12.7. The number of H-pyrrole nitrogens is 1. The van der Waals surface area contributed by atoms with Crippen molar-refractivity contribution in [3.05, 3.63) is 65.1 Å². The molecule has 1 unspecified atom stereocenters. The summed E-state index contributed by atoms with van der Waals surface area (Å²) >= 11 is 6.03. The zero-order valence-corrected chi connectivity index (χ0v) is 16.8. The highest BCUT2D eigenvalue weighted by Gasteiger charge is 2.29. The molecule has 4 rings (SSSR count). The van der Waals surface area contributed by atoms with Gasteiger partial charge < -0.3 is 15.2 Å². The molecule has 2 aromatic heterocycles. The lowest BCUT2D eigenvalue weighted by Gasteiger charge is -2.31. The van der Waals surface area contributed by atoms with Crippen LogP contribution in [-0.4, -0.2) is 39.8 Å². The molecule has 1 aromatic carbocycles. The fourth-order valence-corrected chi connectivity index (χ4v) is 3.91. The van der Waals surface area contributed by atoms with Crippen LogP contribution in [0.25, 0.3) is 10.9 Å². The van der Waals surface area contributed by atoms with E-state index >= 15 is 0 Å². The summed E-state index contributed by atoms with van der Waals surface area (Å²) in [7, 11) is 0. The number of carbonyl (C=O) groups excluding carboxylic acids is 2. The van der Waals surface area contributed by atoms with Crippen molar-refractivity contribution in [2.24, 2.45) is 5.92 Å². The van der Waals surface area contributed by atoms with E-state index in [2.05, 4.69) is 15.3 Å². The Kier molecular flexibility index (Phi) is 5.81. The number of nitrogens with one attached hydrogen (secondary N) is 2. The molecule has 0 radical (unpaired) electrons. The van der Waals surface area contributed by atoms with Crippen LogP contribution in [0, 0.1) is 5.92 Å². The Bertz CT molecular complexity index is 1020. The van der Waals surface area contributed by atoms with E-state index in [9.17, 15) is 9.59 Å². The average Bonchev–Trinajstić information content (AvgIpc) is 3.14. The summed E-state index contributed by atoms with van der Waals surface area (Å²) in [6, 6.07) is 13.4. The number of aromatic amines is 1. The van der Waals surface area contributed by atoms with Crippen molar-refractivity contribution in [2.45, 2.75) is 25.8 Å². The Hall–Kier alpha value is -2.86. The van der Waals surface area contributed by atoms with Gasteiger partial charge in [-0.15, -0.1) is 0 Å². The molecule has 150 valence electrons. The number of aromatic nitrogens is 2. The molecule has 1 saturated heterocycles. The number of halogens is 1. The smallest absolute Gasteiger partial charge is 0.225 e. The van der Waals surface area contributed by atoms with Gasteiger partial charge in [-0.05, 0) is 42.8 Å². The maximum Gasteiger partial charge on any atom is 0.225 e. The van der Waals surface area contributed by atoms with Gasteiger partial charge in [0.15, 0.2) is 0 Å². The van der Waals surface area contributed by atoms with Gasteiger partial charge in [-0.2, -0.15) is 0 Å². The first kappa shape index (κ1) is 19.5. The van der Waals surface area contributed by atoms with Crippen LogP contribution in [0.5, 0.6) is 0 Å². The zero-order valence-electron chi connectivity index (χ0n) is 16.0. The van der Waals surface area contributed by atoms with Gasteiger partial charge in [0, 0.05) is 59.4 Å². The highest BCUT2D eigenvalue weighted by molar-refractivity contribution is 6.31. The molecule has 2 N–H and O–H groups in total. The van der Waals surface area contributed by atoms with E-state index in [4.69, 9.17) is 11.6 Å². The molecule has 1 aliphatic heterocycles. The number of benzene rings is 1. The highest BCUT2D eigenvalue weighted by atomic mass is 35.5. The zero-order chi connectivity index (χ0) is 20.2. The minimum atomic E-state index is -0.185. The number of hydrogen-bond donors (Lipinski definition) is 2. The van der Waals surface area contributed by atoms with Crippen molar-refractivity contribution in [1.82, 2.24) is 20.2 Å². The number of piperidine rings is 1. The summed E-state index contributed by atoms with van der Waals surface area (Å²) in [5, 5.41) is 4.70. The first-order chi connectivity index (χ1) is 14.1. The molecule has 1 fully saturated rings. The van der Waals surface area contributed by atoms with Crippen LogP contribution in [0.3, 0.4) is 0 Å². The number of carbonyl (C=O) groups is 2. The molecule has 7 heteroatoms. The molecule has 1 atom stereocenters. The van der Waals surface area contributed by atoms with E-state index in [0.717, 1.165) is 22.3 Å². The minimum absolute atomic E-state index is 0.0166. The minimum Gasteiger partial charge on any atom is -0.357 e. The lowest BCUT2D eigenvalue weighted by atomic mass is 9.96. The van der Waals surface area contributed by atoms with Gasteiger partial charge in [0.1, 0.15) is 0 Å². The Morgan fingerprint density at radius 3 is 3.00 bits per heavy atom. The number of hydrogen-bond acceptors (Lipinski definition) is 3. The Morgan fingerprint density at radius 2 is 2.17 bits per heavy atom. The van der Waals surface area contributed by atoms with Gasteiger partial charge in [-0.25, -0.2) is 0 Å². The first-order valence-electron chi connectivity index (χ1n) is 9.81. The second-order valence-electron chi connectivity index (χ2n) is 7.39. The Labute approximate surface area is 174 Å². The fraction of sp³-hybridized carbons (Fsp3) is 0.318. The lowest BCUT2D eigenvalue weighted by Crippen LogP contribution is -2.46. The summed E-state index contributed by atoms with van der Waals surface area (Å²) in [5.41, 5.74) is 2.86. The number of amides is 2. The number of fused-ring (bicyclic) bond motifs is 1. The van der Waals surface area contributed by atoms with Crippen LogP contribution in [0.4, 0.5) is 0 Å². The van der Waals surface area contributed by atoms with E-state index < -0.39 is 0 Å². The quantitative estimate of drug-likeness (QED) is 0.654. The van der Waals surface area contributed by atoms with E-state index in [-0.39, 0.29) is 17.7 Å². The second-order valence-corrected chi connectivity index (χ2v) is 7.83. The summed E-state index contributed by atoms with van der Waals surface area (Å²) in [4.78, 5) is 34.3.